The Balaban J connectivity index is 2.42. The number of amides is 1. The normalized spacial score (nSPS) is 20.7. The molecule has 1 N–H and O–H groups in total. The first-order valence-electron chi connectivity index (χ1n) is 6.58. The summed E-state index contributed by atoms with van der Waals surface area (Å²) in [6, 6.07) is 0.373. The lowest BCUT2D eigenvalue weighted by Crippen LogP contribution is -2.40. The number of hydrogen-bond donors (Lipinski definition) is 1. The minimum atomic E-state index is -0.394. The fraction of sp³-hybridized carbons (Fsp3) is 0.923. The molecule has 1 amide bonds. The number of likely N-dealkylation sites (tertiary alicyclic amines) is 1. The lowest BCUT2D eigenvalue weighted by molar-refractivity contribution is 0.0219. The van der Waals surface area contributed by atoms with E-state index < -0.39 is 5.60 Å². The molecule has 1 saturated heterocycles. The van der Waals surface area contributed by atoms with Crippen molar-refractivity contribution in [3.05, 3.63) is 0 Å². The molecule has 0 aliphatic carbocycles. The number of nitrogens with one attached hydrogen (secondary N) is 1. The van der Waals surface area contributed by atoms with Gasteiger partial charge < -0.3 is 15.0 Å². The van der Waals surface area contributed by atoms with E-state index in [1.54, 1.807) is 0 Å². The van der Waals surface area contributed by atoms with E-state index in [-0.39, 0.29) is 6.09 Å². The van der Waals surface area contributed by atoms with Crippen LogP contribution in [0.3, 0.4) is 0 Å². The summed E-state index contributed by atoms with van der Waals surface area (Å²) < 4.78 is 5.43. The summed E-state index contributed by atoms with van der Waals surface area (Å²) in [7, 11) is 1.96. The summed E-state index contributed by atoms with van der Waals surface area (Å²) in [5, 5.41) is 3.14. The van der Waals surface area contributed by atoms with Crippen molar-refractivity contribution < 1.29 is 9.53 Å². The second-order valence-electron chi connectivity index (χ2n) is 5.72. The zero-order valence-corrected chi connectivity index (χ0v) is 11.6. The van der Waals surface area contributed by atoms with Crippen molar-refractivity contribution in [3.63, 3.8) is 0 Å². The van der Waals surface area contributed by atoms with Gasteiger partial charge in [0.15, 0.2) is 0 Å². The molecule has 4 nitrogen and oxygen atoms in total. The predicted octanol–water partition coefficient (Wildman–Crippen LogP) is 2.39. The standard InChI is InChI=1S/C13H26N2O2/c1-13(2,3)17-12(16)15-10-6-8-11(15)7-5-9-14-4/h11,14H,5-10H2,1-4H3. The lowest BCUT2D eigenvalue weighted by atomic mass is 10.1. The highest BCUT2D eigenvalue weighted by molar-refractivity contribution is 5.68. The van der Waals surface area contributed by atoms with Crippen LogP contribution in [0.1, 0.15) is 46.5 Å². The van der Waals surface area contributed by atoms with Crippen LogP contribution < -0.4 is 5.32 Å². The molecule has 0 radical (unpaired) electrons. The molecule has 0 bridgehead atoms. The summed E-state index contributed by atoms with van der Waals surface area (Å²) >= 11 is 0. The van der Waals surface area contributed by atoms with Crippen LogP contribution in [0, 0.1) is 0 Å². The molecular weight excluding hydrogens is 216 g/mol. The van der Waals surface area contributed by atoms with Gasteiger partial charge in [-0.3, -0.25) is 0 Å². The van der Waals surface area contributed by atoms with Gasteiger partial charge in [-0.05, 0) is 60.0 Å². The van der Waals surface area contributed by atoms with Crippen LogP contribution in [0.2, 0.25) is 0 Å². The molecule has 17 heavy (non-hydrogen) atoms. The smallest absolute Gasteiger partial charge is 0.410 e. The van der Waals surface area contributed by atoms with Crippen molar-refractivity contribution in [1.82, 2.24) is 10.2 Å². The number of carbonyl (C=O) groups excluding carboxylic acids is 1. The molecule has 0 aromatic carbocycles. The molecule has 1 fully saturated rings. The first kappa shape index (κ1) is 14.3. The van der Waals surface area contributed by atoms with Crippen LogP contribution >= 0.6 is 0 Å². The predicted molar refractivity (Wildman–Crippen MR) is 69.1 cm³/mol. The summed E-state index contributed by atoms with van der Waals surface area (Å²) in [6.45, 7) is 7.60. The van der Waals surface area contributed by atoms with Gasteiger partial charge in [-0.15, -0.1) is 0 Å². The van der Waals surface area contributed by atoms with Gasteiger partial charge in [-0.2, -0.15) is 0 Å². The van der Waals surface area contributed by atoms with E-state index in [0.29, 0.717) is 6.04 Å². The van der Waals surface area contributed by atoms with Crippen LogP contribution in [-0.2, 0) is 4.74 Å². The molecule has 1 heterocycles. The Morgan fingerprint density at radius 2 is 2.18 bits per heavy atom. The maximum atomic E-state index is 12.0. The first-order chi connectivity index (χ1) is 7.94. The molecule has 100 valence electrons. The van der Waals surface area contributed by atoms with Gasteiger partial charge in [-0.25, -0.2) is 4.79 Å². The van der Waals surface area contributed by atoms with E-state index in [4.69, 9.17) is 4.74 Å². The lowest BCUT2D eigenvalue weighted by Gasteiger charge is -2.28. The first-order valence-corrected chi connectivity index (χ1v) is 6.58. The van der Waals surface area contributed by atoms with Crippen LogP contribution in [0.4, 0.5) is 4.79 Å². The highest BCUT2D eigenvalue weighted by atomic mass is 16.6. The van der Waals surface area contributed by atoms with Gasteiger partial charge >= 0.3 is 6.09 Å². The third kappa shape index (κ3) is 4.94. The highest BCUT2D eigenvalue weighted by Gasteiger charge is 2.31. The Kier molecular flexibility index (Phi) is 5.25. The Morgan fingerprint density at radius 1 is 1.47 bits per heavy atom. The number of rotatable bonds is 4. The fourth-order valence-electron chi connectivity index (χ4n) is 2.21. The van der Waals surface area contributed by atoms with Gasteiger partial charge in [0.05, 0.1) is 0 Å². The van der Waals surface area contributed by atoms with Gasteiger partial charge in [-0.1, -0.05) is 0 Å². The molecule has 0 aromatic heterocycles. The minimum Gasteiger partial charge on any atom is -0.444 e. The molecule has 0 saturated carbocycles. The summed E-state index contributed by atoms with van der Waals surface area (Å²) in [5.74, 6) is 0. The molecule has 1 aliphatic rings. The molecule has 1 unspecified atom stereocenters. The number of nitrogens with zero attached hydrogens (tertiary/aromatic N) is 1. The van der Waals surface area contributed by atoms with Gasteiger partial charge in [0.1, 0.15) is 5.60 Å². The highest BCUT2D eigenvalue weighted by Crippen LogP contribution is 2.23. The minimum absolute atomic E-state index is 0.149. The van der Waals surface area contributed by atoms with Gasteiger partial charge in [0.2, 0.25) is 0 Å². The molecule has 1 aliphatic heterocycles. The second kappa shape index (κ2) is 6.24. The monoisotopic (exact) mass is 242 g/mol. The zero-order valence-electron chi connectivity index (χ0n) is 11.6. The van der Waals surface area contributed by atoms with E-state index in [2.05, 4.69) is 5.32 Å². The summed E-state index contributed by atoms with van der Waals surface area (Å²) in [4.78, 5) is 13.9. The van der Waals surface area contributed by atoms with Crippen LogP contribution in [0.15, 0.2) is 0 Å². The topological polar surface area (TPSA) is 41.6 Å². The van der Waals surface area contributed by atoms with Crippen molar-refractivity contribution in [1.29, 1.82) is 0 Å². The fourth-order valence-corrected chi connectivity index (χ4v) is 2.21. The van der Waals surface area contributed by atoms with Crippen molar-refractivity contribution in [2.24, 2.45) is 0 Å². The van der Waals surface area contributed by atoms with Crippen molar-refractivity contribution in [2.75, 3.05) is 20.1 Å². The zero-order chi connectivity index (χ0) is 12.9. The van der Waals surface area contributed by atoms with E-state index in [1.165, 1.54) is 0 Å². The molecule has 0 aromatic rings. The maximum Gasteiger partial charge on any atom is 0.410 e. The van der Waals surface area contributed by atoms with Crippen LogP contribution in [-0.4, -0.2) is 42.8 Å². The van der Waals surface area contributed by atoms with E-state index in [1.807, 2.05) is 32.7 Å². The second-order valence-corrected chi connectivity index (χ2v) is 5.72. The van der Waals surface area contributed by atoms with Gasteiger partial charge in [0, 0.05) is 12.6 Å². The Hall–Kier alpha value is -0.770. The largest absolute Gasteiger partial charge is 0.444 e. The average Bonchev–Trinajstić information content (AvgIpc) is 2.64. The average molecular weight is 242 g/mol. The maximum absolute atomic E-state index is 12.0. The number of ether oxygens (including phenoxy) is 1. The van der Waals surface area contributed by atoms with Crippen LogP contribution in [0.5, 0.6) is 0 Å². The van der Waals surface area contributed by atoms with Crippen molar-refractivity contribution in [3.8, 4) is 0 Å². The molecule has 1 atom stereocenters. The third-order valence-corrected chi connectivity index (χ3v) is 2.97. The molecular formula is C13H26N2O2. The number of hydrogen-bond acceptors (Lipinski definition) is 3. The molecule has 0 spiro atoms. The Labute approximate surface area is 105 Å². The Morgan fingerprint density at radius 3 is 2.76 bits per heavy atom. The quantitative estimate of drug-likeness (QED) is 0.770. The number of carbonyl (C=O) groups is 1. The Bertz CT molecular complexity index is 248. The van der Waals surface area contributed by atoms with Gasteiger partial charge in [0.25, 0.3) is 0 Å². The van der Waals surface area contributed by atoms with E-state index >= 15 is 0 Å². The SMILES string of the molecule is CNCCCC1CCCN1C(=O)OC(C)(C)C. The van der Waals surface area contributed by atoms with E-state index in [9.17, 15) is 4.79 Å². The summed E-state index contributed by atoms with van der Waals surface area (Å²) in [5.41, 5.74) is -0.394. The molecule has 1 rings (SSSR count). The van der Waals surface area contributed by atoms with Crippen molar-refractivity contribution >= 4 is 6.09 Å². The van der Waals surface area contributed by atoms with Crippen LogP contribution in [0.25, 0.3) is 0 Å². The van der Waals surface area contributed by atoms with E-state index in [0.717, 1.165) is 38.8 Å². The van der Waals surface area contributed by atoms with Crippen molar-refractivity contribution in [2.45, 2.75) is 58.1 Å². The molecule has 4 heteroatoms. The summed E-state index contributed by atoms with van der Waals surface area (Å²) in [6.07, 6.45) is 4.25. The third-order valence-electron chi connectivity index (χ3n) is 2.97.